The summed E-state index contributed by atoms with van der Waals surface area (Å²) in [5.41, 5.74) is 0.333. The van der Waals surface area contributed by atoms with E-state index in [-0.39, 0.29) is 6.03 Å². The molecule has 1 heterocycles. The van der Waals surface area contributed by atoms with Crippen LogP contribution in [0.3, 0.4) is 0 Å². The van der Waals surface area contributed by atoms with Crippen LogP contribution in [-0.2, 0) is 4.79 Å². The van der Waals surface area contributed by atoms with Gasteiger partial charge in [-0.1, -0.05) is 13.8 Å². The Morgan fingerprint density at radius 1 is 1.53 bits per heavy atom. The quantitative estimate of drug-likeness (QED) is 0.798. The predicted molar refractivity (Wildman–Crippen MR) is 65.9 cm³/mol. The number of carbonyl (C=O) groups excluding carboxylic acids is 1. The molecule has 1 saturated heterocycles. The molecule has 0 spiro atoms. The SMILES string of the molecule is CC1(C)CC1CNC(=O)N1CSC[C@H]1C(=O)O. The first-order valence-corrected chi connectivity index (χ1v) is 6.92. The summed E-state index contributed by atoms with van der Waals surface area (Å²) in [6, 6.07) is -0.919. The highest BCUT2D eigenvalue weighted by atomic mass is 32.2. The van der Waals surface area contributed by atoms with Crippen LogP contribution in [0.15, 0.2) is 0 Å². The van der Waals surface area contributed by atoms with Gasteiger partial charge in [0.25, 0.3) is 0 Å². The molecule has 2 rings (SSSR count). The summed E-state index contributed by atoms with van der Waals surface area (Å²) >= 11 is 1.48. The standard InChI is InChI=1S/C11H18N2O3S/c1-11(2)3-7(11)4-12-10(16)13-6-17-5-8(13)9(14)15/h7-8H,3-6H2,1-2H3,(H,12,16)(H,14,15)/t7?,8-/m0/s1. The molecule has 2 aliphatic rings. The molecule has 0 radical (unpaired) electrons. The number of thioether (sulfide) groups is 1. The molecular weight excluding hydrogens is 240 g/mol. The van der Waals surface area contributed by atoms with E-state index in [1.165, 1.54) is 16.7 Å². The van der Waals surface area contributed by atoms with Crippen LogP contribution in [-0.4, -0.2) is 46.2 Å². The molecule has 17 heavy (non-hydrogen) atoms. The van der Waals surface area contributed by atoms with Gasteiger partial charge in [-0.15, -0.1) is 11.8 Å². The van der Waals surface area contributed by atoms with Gasteiger partial charge in [-0.05, 0) is 17.8 Å². The molecule has 1 unspecified atom stereocenters. The lowest BCUT2D eigenvalue weighted by Gasteiger charge is -2.21. The van der Waals surface area contributed by atoms with Crippen LogP contribution in [0.5, 0.6) is 0 Å². The topological polar surface area (TPSA) is 69.6 Å². The van der Waals surface area contributed by atoms with Gasteiger partial charge in [-0.2, -0.15) is 0 Å². The zero-order chi connectivity index (χ0) is 12.6. The van der Waals surface area contributed by atoms with E-state index in [1.807, 2.05) is 0 Å². The second-order valence-electron chi connectivity index (χ2n) is 5.40. The first-order valence-electron chi connectivity index (χ1n) is 5.77. The largest absolute Gasteiger partial charge is 0.480 e. The van der Waals surface area contributed by atoms with Gasteiger partial charge in [0.1, 0.15) is 6.04 Å². The lowest BCUT2D eigenvalue weighted by molar-refractivity contribution is -0.140. The van der Waals surface area contributed by atoms with Gasteiger partial charge in [-0.25, -0.2) is 9.59 Å². The minimum atomic E-state index is -0.920. The van der Waals surface area contributed by atoms with Crippen molar-refractivity contribution >= 4 is 23.8 Å². The van der Waals surface area contributed by atoms with E-state index >= 15 is 0 Å². The van der Waals surface area contributed by atoms with Gasteiger partial charge >= 0.3 is 12.0 Å². The van der Waals surface area contributed by atoms with Gasteiger partial charge in [0.2, 0.25) is 0 Å². The van der Waals surface area contributed by atoms with E-state index in [9.17, 15) is 9.59 Å². The summed E-state index contributed by atoms with van der Waals surface area (Å²) in [7, 11) is 0. The molecule has 2 atom stereocenters. The predicted octanol–water partition coefficient (Wildman–Crippen LogP) is 1.20. The number of nitrogens with zero attached hydrogens (tertiary/aromatic N) is 1. The maximum absolute atomic E-state index is 11.8. The molecule has 0 aromatic heterocycles. The van der Waals surface area contributed by atoms with Crippen molar-refractivity contribution in [3.63, 3.8) is 0 Å². The van der Waals surface area contributed by atoms with E-state index in [0.717, 1.165) is 6.42 Å². The highest BCUT2D eigenvalue weighted by Gasteiger charge is 2.45. The Hall–Kier alpha value is -0.910. The third-order valence-electron chi connectivity index (χ3n) is 3.65. The van der Waals surface area contributed by atoms with Crippen LogP contribution in [0.4, 0.5) is 4.79 Å². The Kier molecular flexibility index (Phi) is 3.25. The summed E-state index contributed by atoms with van der Waals surface area (Å²) in [5.74, 6) is 0.566. The first-order chi connectivity index (χ1) is 7.92. The molecule has 2 amide bonds. The maximum atomic E-state index is 11.8. The van der Waals surface area contributed by atoms with Crippen LogP contribution >= 0.6 is 11.8 Å². The molecule has 6 heteroatoms. The van der Waals surface area contributed by atoms with Crippen molar-refractivity contribution in [2.45, 2.75) is 26.3 Å². The molecule has 0 aromatic rings. The average Bonchev–Trinajstić information content (AvgIpc) is 2.67. The zero-order valence-corrected chi connectivity index (χ0v) is 10.9. The number of nitrogens with one attached hydrogen (secondary N) is 1. The molecule has 1 saturated carbocycles. The van der Waals surface area contributed by atoms with Crippen molar-refractivity contribution in [1.82, 2.24) is 10.2 Å². The smallest absolute Gasteiger partial charge is 0.327 e. The second kappa shape index (κ2) is 4.40. The Morgan fingerprint density at radius 3 is 2.71 bits per heavy atom. The molecule has 96 valence electrons. The lowest BCUT2D eigenvalue weighted by Crippen LogP contribution is -2.47. The molecule has 5 nitrogen and oxygen atoms in total. The monoisotopic (exact) mass is 258 g/mol. The highest BCUT2D eigenvalue weighted by Crippen LogP contribution is 2.50. The van der Waals surface area contributed by atoms with Crippen LogP contribution in [0.25, 0.3) is 0 Å². The minimum absolute atomic E-state index is 0.245. The Morgan fingerprint density at radius 2 is 2.18 bits per heavy atom. The van der Waals surface area contributed by atoms with E-state index in [4.69, 9.17) is 5.11 Å². The molecule has 1 aliphatic heterocycles. The number of hydrogen-bond donors (Lipinski definition) is 2. The van der Waals surface area contributed by atoms with Gasteiger partial charge < -0.3 is 15.3 Å². The Bertz CT molecular complexity index is 346. The van der Waals surface area contributed by atoms with Crippen LogP contribution in [0.1, 0.15) is 20.3 Å². The molecule has 1 aliphatic carbocycles. The van der Waals surface area contributed by atoms with Crippen molar-refractivity contribution in [2.24, 2.45) is 11.3 Å². The van der Waals surface area contributed by atoms with Gasteiger partial charge in [0.05, 0.1) is 5.88 Å². The minimum Gasteiger partial charge on any atom is -0.480 e. The number of aliphatic carboxylic acids is 1. The van der Waals surface area contributed by atoms with Crippen molar-refractivity contribution < 1.29 is 14.7 Å². The van der Waals surface area contributed by atoms with E-state index in [0.29, 0.717) is 29.5 Å². The van der Waals surface area contributed by atoms with Crippen molar-refractivity contribution in [2.75, 3.05) is 18.2 Å². The van der Waals surface area contributed by atoms with E-state index < -0.39 is 12.0 Å². The maximum Gasteiger partial charge on any atom is 0.327 e. The van der Waals surface area contributed by atoms with E-state index in [2.05, 4.69) is 19.2 Å². The molecule has 2 N–H and O–H groups in total. The fourth-order valence-corrected chi connectivity index (χ4v) is 3.23. The van der Waals surface area contributed by atoms with Crippen molar-refractivity contribution in [3.05, 3.63) is 0 Å². The van der Waals surface area contributed by atoms with E-state index in [1.54, 1.807) is 0 Å². The molecule has 2 fully saturated rings. The number of urea groups is 1. The fraction of sp³-hybridized carbons (Fsp3) is 0.818. The number of carboxylic acids is 1. The average molecular weight is 258 g/mol. The second-order valence-corrected chi connectivity index (χ2v) is 6.40. The molecular formula is C11H18N2O3S. The first kappa shape index (κ1) is 12.5. The van der Waals surface area contributed by atoms with Crippen LogP contribution in [0.2, 0.25) is 0 Å². The van der Waals surface area contributed by atoms with Gasteiger partial charge in [0.15, 0.2) is 0 Å². The van der Waals surface area contributed by atoms with Gasteiger partial charge in [0, 0.05) is 12.3 Å². The number of carbonyl (C=O) groups is 2. The van der Waals surface area contributed by atoms with Crippen LogP contribution < -0.4 is 5.32 Å². The van der Waals surface area contributed by atoms with Gasteiger partial charge in [-0.3, -0.25) is 0 Å². The van der Waals surface area contributed by atoms with Crippen molar-refractivity contribution in [1.29, 1.82) is 0 Å². The van der Waals surface area contributed by atoms with Crippen LogP contribution in [0, 0.1) is 11.3 Å². The summed E-state index contributed by atoms with van der Waals surface area (Å²) in [5, 5.41) is 11.8. The normalized spacial score (nSPS) is 30.1. The summed E-state index contributed by atoms with van der Waals surface area (Å²) in [4.78, 5) is 24.2. The fourth-order valence-electron chi connectivity index (χ4n) is 2.08. The molecule has 0 aromatic carbocycles. The highest BCUT2D eigenvalue weighted by molar-refractivity contribution is 7.99. The number of rotatable bonds is 3. The molecule has 0 bridgehead atoms. The zero-order valence-electron chi connectivity index (χ0n) is 10.1. The van der Waals surface area contributed by atoms with Crippen molar-refractivity contribution in [3.8, 4) is 0 Å². The lowest BCUT2D eigenvalue weighted by atomic mass is 10.1. The Balaban J connectivity index is 1.81. The summed E-state index contributed by atoms with van der Waals surface area (Å²) in [6.07, 6.45) is 1.13. The number of amides is 2. The third kappa shape index (κ3) is 2.68. The third-order valence-corrected chi connectivity index (χ3v) is 4.66. The summed E-state index contributed by atoms with van der Waals surface area (Å²) in [6.45, 7) is 5.00. The Labute approximate surface area is 105 Å². The number of hydrogen-bond acceptors (Lipinski definition) is 3. The number of carboxylic acid groups (broad SMARTS) is 1. The summed E-state index contributed by atoms with van der Waals surface area (Å²) < 4.78 is 0.